The lowest BCUT2D eigenvalue weighted by Crippen LogP contribution is -2.54. The van der Waals surface area contributed by atoms with Crippen LogP contribution in [0.1, 0.15) is 36.0 Å². The van der Waals surface area contributed by atoms with E-state index < -0.39 is 24.3 Å². The first kappa shape index (κ1) is 29.2. The van der Waals surface area contributed by atoms with Crippen LogP contribution in [0.4, 0.5) is 5.13 Å². The molecule has 0 spiro atoms. The molecule has 226 valence electrons. The van der Waals surface area contributed by atoms with Crippen molar-refractivity contribution in [3.8, 4) is 11.3 Å². The highest BCUT2D eigenvalue weighted by Gasteiger charge is 2.53. The average molecular weight is 598 g/mol. The smallest absolute Gasteiger partial charge is 0.251 e. The van der Waals surface area contributed by atoms with Crippen molar-refractivity contribution in [2.45, 2.75) is 50.0 Å². The Labute approximate surface area is 249 Å². The summed E-state index contributed by atoms with van der Waals surface area (Å²) in [7, 11) is 1.73. The Morgan fingerprint density at radius 2 is 1.90 bits per heavy atom. The standard InChI is InChI=1S/C30H39N5O6S/c1-40-15-14-33-10-12-34(13-11-33)30-31-22(18-42-30)19-6-8-21(9-7-19)28(38)32-25(20-4-2-3-5-20)29(39)35-16-23(36)27-26(35)24(37)17-41-27/h6-9,18,20,23,25-27,36H,2-5,10-17H2,1H3,(H,32,38)/t23-,25-,26+,27+/m0/s1. The quantitative estimate of drug-likeness (QED) is 0.442. The van der Waals surface area contributed by atoms with Gasteiger partial charge in [0.2, 0.25) is 5.91 Å². The van der Waals surface area contributed by atoms with Gasteiger partial charge in [-0.05, 0) is 30.9 Å². The lowest BCUT2D eigenvalue weighted by Gasteiger charge is -2.34. The van der Waals surface area contributed by atoms with E-state index in [4.69, 9.17) is 14.5 Å². The van der Waals surface area contributed by atoms with Gasteiger partial charge in [0.05, 0.1) is 18.8 Å². The van der Waals surface area contributed by atoms with E-state index in [0.29, 0.717) is 5.56 Å². The molecule has 4 fully saturated rings. The number of benzene rings is 1. The second kappa shape index (κ2) is 12.8. The molecule has 3 aliphatic heterocycles. The van der Waals surface area contributed by atoms with E-state index in [1.165, 1.54) is 4.90 Å². The summed E-state index contributed by atoms with van der Waals surface area (Å²) < 4.78 is 10.6. The van der Waals surface area contributed by atoms with Crippen molar-refractivity contribution in [1.29, 1.82) is 0 Å². The van der Waals surface area contributed by atoms with Crippen molar-refractivity contribution in [3.63, 3.8) is 0 Å². The molecule has 1 saturated carbocycles. The number of amides is 2. The van der Waals surface area contributed by atoms with Gasteiger partial charge in [0.15, 0.2) is 10.9 Å². The number of fused-ring (bicyclic) bond motifs is 1. The fourth-order valence-corrected chi connectivity index (χ4v) is 7.54. The molecule has 6 rings (SSSR count). The zero-order chi connectivity index (χ0) is 29.2. The fourth-order valence-electron chi connectivity index (χ4n) is 6.65. The lowest BCUT2D eigenvalue weighted by atomic mass is 9.95. The summed E-state index contributed by atoms with van der Waals surface area (Å²) in [6.07, 6.45) is 2.06. The molecule has 0 unspecified atom stereocenters. The number of nitrogens with one attached hydrogen (secondary N) is 1. The number of aliphatic hydroxyl groups excluding tert-OH is 1. The first-order valence-electron chi connectivity index (χ1n) is 14.9. The highest BCUT2D eigenvalue weighted by molar-refractivity contribution is 7.14. The number of aliphatic hydroxyl groups is 1. The molecule has 0 radical (unpaired) electrons. The molecule has 4 aliphatic rings. The maximum atomic E-state index is 13.7. The third-order valence-corrected chi connectivity index (χ3v) is 9.96. The second-order valence-corrected chi connectivity index (χ2v) is 12.5. The molecule has 1 aliphatic carbocycles. The molecular weight excluding hydrogens is 558 g/mol. The summed E-state index contributed by atoms with van der Waals surface area (Å²) >= 11 is 1.62. The third kappa shape index (κ3) is 5.96. The zero-order valence-corrected chi connectivity index (χ0v) is 24.8. The topological polar surface area (TPSA) is 125 Å². The first-order valence-corrected chi connectivity index (χ1v) is 15.8. The number of nitrogens with zero attached hydrogens (tertiary/aromatic N) is 4. The predicted octanol–water partition coefficient (Wildman–Crippen LogP) is 1.41. The number of rotatable bonds is 9. The van der Waals surface area contributed by atoms with Crippen LogP contribution < -0.4 is 10.2 Å². The van der Waals surface area contributed by atoms with Crippen LogP contribution in [0.15, 0.2) is 29.6 Å². The van der Waals surface area contributed by atoms with Crippen molar-refractivity contribution in [2.75, 3.05) is 64.5 Å². The van der Waals surface area contributed by atoms with E-state index in [-0.39, 0.29) is 36.7 Å². The van der Waals surface area contributed by atoms with Gasteiger partial charge in [0, 0.05) is 56.3 Å². The Morgan fingerprint density at radius 1 is 1.17 bits per heavy atom. The SMILES string of the molecule is COCCN1CCN(c2nc(-c3ccc(C(=O)N[C@H](C(=O)N4C[C@H](O)[C@H]5OCC(=O)[C@H]54)C4CCCC4)cc3)cs2)CC1. The molecular formula is C30H39N5O6S. The molecule has 2 amide bonds. The highest BCUT2D eigenvalue weighted by atomic mass is 32.1. The van der Waals surface area contributed by atoms with Gasteiger partial charge in [-0.1, -0.05) is 25.0 Å². The summed E-state index contributed by atoms with van der Waals surface area (Å²) in [5.41, 5.74) is 2.25. The molecule has 1 aromatic carbocycles. The van der Waals surface area contributed by atoms with Crippen LogP contribution in [0, 0.1) is 5.92 Å². The van der Waals surface area contributed by atoms with Gasteiger partial charge in [-0.25, -0.2) is 4.98 Å². The number of ketones is 1. The molecule has 4 heterocycles. The van der Waals surface area contributed by atoms with Crippen LogP contribution in [0.2, 0.25) is 0 Å². The van der Waals surface area contributed by atoms with E-state index in [1.807, 2.05) is 17.5 Å². The number of carbonyl (C=O) groups is 3. The predicted molar refractivity (Wildman–Crippen MR) is 158 cm³/mol. The number of β-amino-alcohol motifs (C(OH)–C–C–N with tert-alkyl or cyclic N) is 1. The van der Waals surface area contributed by atoms with Crippen LogP contribution in [-0.4, -0.2) is 121 Å². The van der Waals surface area contributed by atoms with E-state index >= 15 is 0 Å². The summed E-state index contributed by atoms with van der Waals surface area (Å²) in [6.45, 7) is 5.44. The summed E-state index contributed by atoms with van der Waals surface area (Å²) in [5.74, 6) is -0.856. The third-order valence-electron chi connectivity index (χ3n) is 9.05. The van der Waals surface area contributed by atoms with E-state index in [0.717, 1.165) is 81.4 Å². The minimum atomic E-state index is -0.908. The number of carbonyl (C=O) groups excluding carboxylic acids is 3. The van der Waals surface area contributed by atoms with Gasteiger partial charge in [-0.2, -0.15) is 0 Å². The Kier molecular flexibility index (Phi) is 8.87. The monoisotopic (exact) mass is 597 g/mol. The van der Waals surface area contributed by atoms with Crippen molar-refractivity contribution < 1.29 is 29.0 Å². The van der Waals surface area contributed by atoms with Gasteiger partial charge in [0.25, 0.3) is 5.91 Å². The number of thiazole rings is 1. The Morgan fingerprint density at radius 3 is 2.62 bits per heavy atom. The Bertz CT molecular complexity index is 1270. The molecule has 4 atom stereocenters. The zero-order valence-electron chi connectivity index (χ0n) is 23.9. The molecule has 12 heteroatoms. The maximum Gasteiger partial charge on any atom is 0.251 e. The van der Waals surface area contributed by atoms with Crippen LogP contribution >= 0.6 is 11.3 Å². The van der Waals surface area contributed by atoms with Crippen LogP contribution in [0.5, 0.6) is 0 Å². The lowest BCUT2D eigenvalue weighted by molar-refractivity contribution is -0.139. The van der Waals surface area contributed by atoms with Gasteiger partial charge in [-0.15, -0.1) is 11.3 Å². The number of ether oxygens (including phenoxy) is 2. The molecule has 0 bridgehead atoms. The Hall–Kier alpha value is -2.90. The largest absolute Gasteiger partial charge is 0.388 e. The number of piperazine rings is 1. The van der Waals surface area contributed by atoms with Gasteiger partial charge in [0.1, 0.15) is 30.9 Å². The minimum Gasteiger partial charge on any atom is -0.388 e. The molecule has 42 heavy (non-hydrogen) atoms. The molecule has 1 aromatic heterocycles. The van der Waals surface area contributed by atoms with Crippen molar-refractivity contribution in [2.24, 2.45) is 5.92 Å². The number of likely N-dealkylation sites (tertiary alicyclic amines) is 1. The molecule has 2 N–H and O–H groups in total. The maximum absolute atomic E-state index is 13.7. The van der Waals surface area contributed by atoms with Crippen LogP contribution in [0.3, 0.4) is 0 Å². The molecule has 3 saturated heterocycles. The van der Waals surface area contributed by atoms with E-state index in [2.05, 4.69) is 15.1 Å². The second-order valence-electron chi connectivity index (χ2n) is 11.7. The summed E-state index contributed by atoms with van der Waals surface area (Å²) in [6, 6.07) is 5.76. The average Bonchev–Trinajstić information content (AvgIpc) is 3.83. The highest BCUT2D eigenvalue weighted by Crippen LogP contribution is 2.33. The van der Waals surface area contributed by atoms with Crippen LogP contribution in [-0.2, 0) is 19.1 Å². The summed E-state index contributed by atoms with van der Waals surface area (Å²) in [5, 5.41) is 16.4. The van der Waals surface area contributed by atoms with E-state index in [9.17, 15) is 19.5 Å². The van der Waals surface area contributed by atoms with Gasteiger partial charge < -0.3 is 29.7 Å². The Balaban J connectivity index is 1.10. The number of anilines is 1. The number of Topliss-reactive ketones (excluding diaryl/α,β-unsaturated/α-hetero) is 1. The van der Waals surface area contributed by atoms with E-state index in [1.54, 1.807) is 30.6 Å². The first-order chi connectivity index (χ1) is 20.4. The number of methoxy groups -OCH3 is 1. The minimum absolute atomic E-state index is 0.00962. The number of hydrogen-bond donors (Lipinski definition) is 2. The number of aromatic nitrogens is 1. The van der Waals surface area contributed by atoms with Gasteiger partial charge >= 0.3 is 0 Å². The van der Waals surface area contributed by atoms with Gasteiger partial charge in [-0.3, -0.25) is 19.3 Å². The summed E-state index contributed by atoms with van der Waals surface area (Å²) in [4.78, 5) is 50.6. The molecule has 11 nitrogen and oxygen atoms in total. The number of hydrogen-bond acceptors (Lipinski definition) is 10. The van der Waals surface area contributed by atoms with Crippen LogP contribution in [0.25, 0.3) is 11.3 Å². The van der Waals surface area contributed by atoms with Crippen molar-refractivity contribution in [3.05, 3.63) is 35.2 Å². The van der Waals surface area contributed by atoms with Crippen molar-refractivity contribution >= 4 is 34.1 Å². The molecule has 2 aromatic rings. The normalized spacial score (nSPS) is 25.7. The fraction of sp³-hybridized carbons (Fsp3) is 0.600. The van der Waals surface area contributed by atoms with Crippen molar-refractivity contribution in [1.82, 2.24) is 20.1 Å².